The second kappa shape index (κ2) is 7.82. The van der Waals surface area contributed by atoms with Crippen molar-refractivity contribution in [3.8, 4) is 0 Å². The first kappa shape index (κ1) is 17.6. The maximum absolute atomic E-state index is 5.25. The van der Waals surface area contributed by atoms with E-state index in [0.29, 0.717) is 6.54 Å². The molecule has 0 bridgehead atoms. The number of anilines is 2. The van der Waals surface area contributed by atoms with E-state index in [1.165, 1.54) is 24.8 Å². The van der Waals surface area contributed by atoms with Crippen LogP contribution in [-0.4, -0.2) is 34.8 Å². The van der Waals surface area contributed by atoms with Crippen LogP contribution in [-0.2, 0) is 13.0 Å². The third-order valence-corrected chi connectivity index (χ3v) is 5.11. The van der Waals surface area contributed by atoms with Crippen molar-refractivity contribution >= 4 is 17.3 Å². The van der Waals surface area contributed by atoms with E-state index >= 15 is 0 Å². The standard InChI is InChI=1S/C20H27N6O/c1-3-17-14-22-26-18(21-13-16-8-7-11-25(15-16)27-2)12-19(23-20(17)26)24-9-5-4-6-10-24/h7-8,11-12,14-15,21H,3-6,9-10,13H2,1-2H3/q+1. The summed E-state index contributed by atoms with van der Waals surface area (Å²) in [6.07, 6.45) is 10.5. The lowest BCUT2D eigenvalue weighted by Crippen LogP contribution is -2.40. The minimum absolute atomic E-state index is 0.685. The van der Waals surface area contributed by atoms with E-state index in [1.54, 1.807) is 11.8 Å². The highest BCUT2D eigenvalue weighted by Crippen LogP contribution is 2.24. The summed E-state index contributed by atoms with van der Waals surface area (Å²) in [5.41, 5.74) is 3.25. The Bertz CT molecular complexity index is 916. The first-order valence-corrected chi connectivity index (χ1v) is 9.69. The molecule has 4 heterocycles. The average molecular weight is 367 g/mol. The maximum atomic E-state index is 5.25. The molecule has 1 aliphatic rings. The van der Waals surface area contributed by atoms with Gasteiger partial charge in [0.15, 0.2) is 5.65 Å². The molecule has 4 rings (SSSR count). The molecule has 0 radical (unpaired) electrons. The third kappa shape index (κ3) is 3.67. The molecule has 0 aromatic carbocycles. The molecule has 27 heavy (non-hydrogen) atoms. The molecule has 0 amide bonds. The van der Waals surface area contributed by atoms with Crippen LogP contribution in [0.3, 0.4) is 0 Å². The monoisotopic (exact) mass is 367 g/mol. The number of hydrogen-bond acceptors (Lipinski definition) is 5. The molecule has 1 aliphatic heterocycles. The van der Waals surface area contributed by atoms with Crippen molar-refractivity contribution in [3.05, 3.63) is 47.9 Å². The van der Waals surface area contributed by atoms with Crippen LogP contribution < -0.4 is 19.8 Å². The number of nitrogens with one attached hydrogen (secondary N) is 1. The van der Waals surface area contributed by atoms with Gasteiger partial charge < -0.3 is 10.2 Å². The van der Waals surface area contributed by atoms with Crippen molar-refractivity contribution in [2.24, 2.45) is 0 Å². The zero-order valence-electron chi connectivity index (χ0n) is 16.1. The molecule has 3 aromatic heterocycles. The number of piperidine rings is 1. The van der Waals surface area contributed by atoms with E-state index in [0.717, 1.165) is 42.4 Å². The Morgan fingerprint density at radius 1 is 1.26 bits per heavy atom. The molecular weight excluding hydrogens is 340 g/mol. The van der Waals surface area contributed by atoms with Crippen molar-refractivity contribution in [3.63, 3.8) is 0 Å². The smallest absolute Gasteiger partial charge is 0.227 e. The van der Waals surface area contributed by atoms with Crippen LogP contribution in [0.15, 0.2) is 36.8 Å². The van der Waals surface area contributed by atoms with Crippen LogP contribution in [0.2, 0.25) is 0 Å². The summed E-state index contributed by atoms with van der Waals surface area (Å²) in [7, 11) is 1.66. The van der Waals surface area contributed by atoms with Crippen LogP contribution >= 0.6 is 0 Å². The third-order valence-electron chi connectivity index (χ3n) is 5.11. The van der Waals surface area contributed by atoms with Gasteiger partial charge in [0.25, 0.3) is 0 Å². The highest BCUT2D eigenvalue weighted by Gasteiger charge is 2.17. The second-order valence-electron chi connectivity index (χ2n) is 6.91. The van der Waals surface area contributed by atoms with Crippen molar-refractivity contribution in [1.29, 1.82) is 0 Å². The summed E-state index contributed by atoms with van der Waals surface area (Å²) < 4.78 is 3.61. The Morgan fingerprint density at radius 3 is 2.89 bits per heavy atom. The van der Waals surface area contributed by atoms with Gasteiger partial charge in [0.1, 0.15) is 18.7 Å². The number of hydrogen-bond donors (Lipinski definition) is 1. The SMILES string of the molecule is CCc1cnn2c(NCc3ccc[n+](OC)c3)cc(N3CCCCC3)nc12. The molecule has 142 valence electrons. The van der Waals surface area contributed by atoms with Crippen LogP contribution in [0.4, 0.5) is 11.6 Å². The molecule has 0 unspecified atom stereocenters. The van der Waals surface area contributed by atoms with Crippen LogP contribution in [0.1, 0.15) is 37.3 Å². The van der Waals surface area contributed by atoms with Gasteiger partial charge in [-0.05, 0) is 31.7 Å². The fourth-order valence-electron chi connectivity index (χ4n) is 3.57. The van der Waals surface area contributed by atoms with Gasteiger partial charge in [-0.1, -0.05) is 6.92 Å². The van der Waals surface area contributed by atoms with E-state index in [9.17, 15) is 0 Å². The van der Waals surface area contributed by atoms with Gasteiger partial charge in [0.05, 0.1) is 6.20 Å². The molecule has 0 spiro atoms. The molecule has 0 saturated carbocycles. The summed E-state index contributed by atoms with van der Waals surface area (Å²) in [6.45, 7) is 4.98. The Labute approximate surface area is 159 Å². The van der Waals surface area contributed by atoms with Gasteiger partial charge in [0, 0.05) is 47.6 Å². The molecule has 3 aromatic rings. The predicted molar refractivity (Wildman–Crippen MR) is 105 cm³/mol. The van der Waals surface area contributed by atoms with E-state index in [2.05, 4.69) is 34.4 Å². The Kier molecular flexibility index (Phi) is 5.09. The summed E-state index contributed by atoms with van der Waals surface area (Å²) in [4.78, 5) is 12.6. The first-order chi connectivity index (χ1) is 13.3. The van der Waals surface area contributed by atoms with Gasteiger partial charge >= 0.3 is 0 Å². The molecule has 1 saturated heterocycles. The molecule has 7 nitrogen and oxygen atoms in total. The summed E-state index contributed by atoms with van der Waals surface area (Å²) >= 11 is 0. The normalized spacial score (nSPS) is 14.5. The molecule has 0 aliphatic carbocycles. The number of aryl methyl sites for hydroxylation is 1. The Morgan fingerprint density at radius 2 is 2.11 bits per heavy atom. The molecule has 1 N–H and O–H groups in total. The predicted octanol–water partition coefficient (Wildman–Crippen LogP) is 2.24. The minimum Gasteiger partial charge on any atom is -0.366 e. The maximum Gasteiger partial charge on any atom is 0.227 e. The highest BCUT2D eigenvalue weighted by molar-refractivity contribution is 5.61. The van der Waals surface area contributed by atoms with Crippen molar-refractivity contribution < 1.29 is 9.57 Å². The van der Waals surface area contributed by atoms with Crippen LogP contribution in [0, 0.1) is 0 Å². The van der Waals surface area contributed by atoms with Gasteiger partial charge in [-0.3, -0.25) is 4.84 Å². The number of nitrogens with zero attached hydrogens (tertiary/aromatic N) is 5. The second-order valence-corrected chi connectivity index (χ2v) is 6.91. The lowest BCUT2D eigenvalue weighted by Gasteiger charge is -2.28. The summed E-state index contributed by atoms with van der Waals surface area (Å²) in [6, 6.07) is 6.18. The van der Waals surface area contributed by atoms with Gasteiger partial charge in [-0.2, -0.15) is 9.61 Å². The number of pyridine rings is 1. The van der Waals surface area contributed by atoms with E-state index < -0.39 is 0 Å². The Balaban J connectivity index is 1.66. The summed E-state index contributed by atoms with van der Waals surface area (Å²) in [5.74, 6) is 2.01. The lowest BCUT2D eigenvalue weighted by molar-refractivity contribution is -0.885. The van der Waals surface area contributed by atoms with E-state index in [-0.39, 0.29) is 0 Å². The number of rotatable bonds is 6. The molecule has 1 fully saturated rings. The van der Waals surface area contributed by atoms with Gasteiger partial charge in [0.2, 0.25) is 12.4 Å². The molecule has 7 heteroatoms. The van der Waals surface area contributed by atoms with Gasteiger partial charge in [-0.15, -0.1) is 0 Å². The molecular formula is C20H27N6O+. The lowest BCUT2D eigenvalue weighted by atomic mass is 10.1. The highest BCUT2D eigenvalue weighted by atomic mass is 16.6. The number of fused-ring (bicyclic) bond motifs is 1. The fraction of sp³-hybridized carbons (Fsp3) is 0.450. The molecule has 0 atom stereocenters. The average Bonchev–Trinajstić information content (AvgIpc) is 3.16. The van der Waals surface area contributed by atoms with E-state index in [1.807, 2.05) is 29.2 Å². The zero-order valence-corrected chi connectivity index (χ0v) is 16.1. The topological polar surface area (TPSA) is 58.6 Å². The first-order valence-electron chi connectivity index (χ1n) is 9.69. The summed E-state index contributed by atoms with van der Waals surface area (Å²) in [5, 5.41) is 8.10. The minimum atomic E-state index is 0.685. The fourth-order valence-corrected chi connectivity index (χ4v) is 3.57. The quantitative estimate of drug-likeness (QED) is 0.677. The zero-order chi connectivity index (χ0) is 18.6. The van der Waals surface area contributed by atoms with Crippen LogP contribution in [0.25, 0.3) is 5.65 Å². The van der Waals surface area contributed by atoms with Gasteiger partial charge in [-0.25, -0.2) is 4.98 Å². The van der Waals surface area contributed by atoms with Crippen molar-refractivity contribution in [2.45, 2.75) is 39.2 Å². The Hall–Kier alpha value is -2.83. The largest absolute Gasteiger partial charge is 0.366 e. The van der Waals surface area contributed by atoms with Crippen LogP contribution in [0.5, 0.6) is 0 Å². The van der Waals surface area contributed by atoms with E-state index in [4.69, 9.17) is 9.82 Å². The number of aromatic nitrogens is 4. The van der Waals surface area contributed by atoms with Crippen molar-refractivity contribution in [2.75, 3.05) is 30.4 Å². The van der Waals surface area contributed by atoms with Crippen molar-refractivity contribution in [1.82, 2.24) is 14.6 Å².